The summed E-state index contributed by atoms with van der Waals surface area (Å²) < 4.78 is 12.8. The Morgan fingerprint density at radius 2 is 1.65 bits per heavy atom. The Labute approximate surface area is 133 Å². The van der Waals surface area contributed by atoms with Crippen molar-refractivity contribution in [1.82, 2.24) is 10.8 Å². The molecule has 2 rings (SSSR count). The lowest BCUT2D eigenvalue weighted by molar-refractivity contribution is -0.134. The predicted octanol–water partition coefficient (Wildman–Crippen LogP) is 1.60. The molecule has 2 amide bonds. The standard InChI is InChI=1S/C17H17FN2O3/c18-14-8-6-13(7-9-14)11-16(21)19-15(17(22)20-23)10-12-4-2-1-3-5-12/h1-9,15,23H,10-11H2,(H,19,21)(H,20,22). The summed E-state index contributed by atoms with van der Waals surface area (Å²) in [4.78, 5) is 23.8. The summed E-state index contributed by atoms with van der Waals surface area (Å²) in [7, 11) is 0. The molecule has 0 heterocycles. The molecule has 2 aromatic rings. The predicted molar refractivity (Wildman–Crippen MR) is 82.1 cm³/mol. The van der Waals surface area contributed by atoms with Crippen molar-refractivity contribution in [2.75, 3.05) is 0 Å². The van der Waals surface area contributed by atoms with Crippen molar-refractivity contribution in [3.05, 3.63) is 71.5 Å². The number of hydrogen-bond acceptors (Lipinski definition) is 3. The second-order valence-corrected chi connectivity index (χ2v) is 5.09. The highest BCUT2D eigenvalue weighted by atomic mass is 19.1. The van der Waals surface area contributed by atoms with E-state index in [0.29, 0.717) is 5.56 Å². The van der Waals surface area contributed by atoms with E-state index >= 15 is 0 Å². The fraction of sp³-hybridized carbons (Fsp3) is 0.176. The van der Waals surface area contributed by atoms with E-state index in [4.69, 9.17) is 5.21 Å². The largest absolute Gasteiger partial charge is 0.344 e. The summed E-state index contributed by atoms with van der Waals surface area (Å²) >= 11 is 0. The van der Waals surface area contributed by atoms with Crippen molar-refractivity contribution < 1.29 is 19.2 Å². The highest BCUT2D eigenvalue weighted by Crippen LogP contribution is 2.06. The Morgan fingerprint density at radius 3 is 2.26 bits per heavy atom. The van der Waals surface area contributed by atoms with E-state index in [-0.39, 0.29) is 24.6 Å². The van der Waals surface area contributed by atoms with E-state index in [2.05, 4.69) is 5.32 Å². The topological polar surface area (TPSA) is 78.4 Å². The molecule has 1 atom stereocenters. The number of carbonyl (C=O) groups is 2. The van der Waals surface area contributed by atoms with Crippen molar-refractivity contribution in [2.24, 2.45) is 0 Å². The molecule has 0 saturated heterocycles. The molecule has 23 heavy (non-hydrogen) atoms. The average Bonchev–Trinajstić information content (AvgIpc) is 2.56. The molecule has 120 valence electrons. The third kappa shape index (κ3) is 5.19. The first-order valence-electron chi connectivity index (χ1n) is 7.10. The molecule has 0 spiro atoms. The van der Waals surface area contributed by atoms with E-state index in [1.165, 1.54) is 24.3 Å². The maximum atomic E-state index is 12.8. The van der Waals surface area contributed by atoms with Gasteiger partial charge in [0.15, 0.2) is 0 Å². The molecule has 3 N–H and O–H groups in total. The lowest BCUT2D eigenvalue weighted by atomic mass is 10.0. The van der Waals surface area contributed by atoms with Gasteiger partial charge in [-0.05, 0) is 23.3 Å². The van der Waals surface area contributed by atoms with E-state index in [0.717, 1.165) is 5.56 Å². The van der Waals surface area contributed by atoms with E-state index < -0.39 is 11.9 Å². The molecule has 0 radical (unpaired) electrons. The Bertz CT molecular complexity index is 659. The highest BCUT2D eigenvalue weighted by molar-refractivity contribution is 5.88. The number of nitrogens with one attached hydrogen (secondary N) is 2. The van der Waals surface area contributed by atoms with Gasteiger partial charge in [0.05, 0.1) is 6.42 Å². The smallest absolute Gasteiger partial charge is 0.266 e. The van der Waals surface area contributed by atoms with Crippen LogP contribution < -0.4 is 10.8 Å². The molecule has 2 aromatic carbocycles. The van der Waals surface area contributed by atoms with Crippen LogP contribution in [0.4, 0.5) is 4.39 Å². The maximum Gasteiger partial charge on any atom is 0.266 e. The number of rotatable bonds is 6. The average molecular weight is 316 g/mol. The molecule has 0 aliphatic rings. The van der Waals surface area contributed by atoms with Crippen molar-refractivity contribution >= 4 is 11.8 Å². The molecule has 5 nitrogen and oxygen atoms in total. The Hall–Kier alpha value is -2.73. The Balaban J connectivity index is 2.00. The van der Waals surface area contributed by atoms with Crippen LogP contribution in [0.5, 0.6) is 0 Å². The summed E-state index contributed by atoms with van der Waals surface area (Å²) in [5.74, 6) is -1.46. The van der Waals surface area contributed by atoms with E-state index in [1.54, 1.807) is 5.48 Å². The molecular weight excluding hydrogens is 299 g/mol. The van der Waals surface area contributed by atoms with Crippen molar-refractivity contribution in [3.8, 4) is 0 Å². The molecular formula is C17H17FN2O3. The molecule has 0 fully saturated rings. The number of hydrogen-bond donors (Lipinski definition) is 3. The van der Waals surface area contributed by atoms with Gasteiger partial charge in [-0.3, -0.25) is 14.8 Å². The van der Waals surface area contributed by atoms with Gasteiger partial charge in [-0.15, -0.1) is 0 Å². The van der Waals surface area contributed by atoms with Gasteiger partial charge >= 0.3 is 0 Å². The molecule has 1 unspecified atom stereocenters. The molecule has 0 aliphatic heterocycles. The van der Waals surface area contributed by atoms with Gasteiger partial charge in [0, 0.05) is 6.42 Å². The minimum atomic E-state index is -0.893. The first kappa shape index (κ1) is 16.6. The minimum Gasteiger partial charge on any atom is -0.344 e. The van der Waals surface area contributed by atoms with Crippen LogP contribution >= 0.6 is 0 Å². The van der Waals surface area contributed by atoms with Crippen LogP contribution in [0.2, 0.25) is 0 Å². The zero-order valence-electron chi connectivity index (χ0n) is 12.3. The third-order valence-corrected chi connectivity index (χ3v) is 3.32. The molecule has 0 aliphatic carbocycles. The van der Waals surface area contributed by atoms with Crippen LogP contribution in [0.25, 0.3) is 0 Å². The lowest BCUT2D eigenvalue weighted by Crippen LogP contribution is -2.47. The van der Waals surface area contributed by atoms with Gasteiger partial charge in [0.1, 0.15) is 11.9 Å². The zero-order chi connectivity index (χ0) is 16.7. The second kappa shape index (κ2) is 8.05. The van der Waals surface area contributed by atoms with Crippen LogP contribution in [0, 0.1) is 5.82 Å². The minimum absolute atomic E-state index is 0.0181. The highest BCUT2D eigenvalue weighted by Gasteiger charge is 2.20. The van der Waals surface area contributed by atoms with E-state index in [1.807, 2.05) is 30.3 Å². The van der Waals surface area contributed by atoms with E-state index in [9.17, 15) is 14.0 Å². The number of halogens is 1. The maximum absolute atomic E-state index is 12.8. The number of carbonyl (C=O) groups excluding carboxylic acids is 2. The molecule has 0 aromatic heterocycles. The Morgan fingerprint density at radius 1 is 1.00 bits per heavy atom. The van der Waals surface area contributed by atoms with Gasteiger partial charge in [-0.25, -0.2) is 9.87 Å². The first-order valence-corrected chi connectivity index (χ1v) is 7.10. The molecule has 0 bridgehead atoms. The monoisotopic (exact) mass is 316 g/mol. The van der Waals surface area contributed by atoms with Gasteiger partial charge in [0.25, 0.3) is 5.91 Å². The van der Waals surface area contributed by atoms with Crippen LogP contribution in [-0.2, 0) is 22.4 Å². The zero-order valence-corrected chi connectivity index (χ0v) is 12.3. The van der Waals surface area contributed by atoms with Gasteiger partial charge < -0.3 is 5.32 Å². The van der Waals surface area contributed by atoms with Crippen LogP contribution in [0.3, 0.4) is 0 Å². The number of benzene rings is 2. The van der Waals surface area contributed by atoms with Crippen molar-refractivity contribution in [3.63, 3.8) is 0 Å². The summed E-state index contributed by atoms with van der Waals surface area (Å²) in [6.45, 7) is 0. The van der Waals surface area contributed by atoms with Crippen molar-refractivity contribution in [1.29, 1.82) is 0 Å². The van der Waals surface area contributed by atoms with Crippen LogP contribution in [-0.4, -0.2) is 23.1 Å². The van der Waals surface area contributed by atoms with Crippen molar-refractivity contribution in [2.45, 2.75) is 18.9 Å². The van der Waals surface area contributed by atoms with Crippen LogP contribution in [0.15, 0.2) is 54.6 Å². The fourth-order valence-electron chi connectivity index (χ4n) is 2.17. The first-order chi connectivity index (χ1) is 11.1. The van der Waals surface area contributed by atoms with Gasteiger partial charge in [-0.2, -0.15) is 0 Å². The number of amides is 2. The fourth-order valence-corrected chi connectivity index (χ4v) is 2.17. The summed E-state index contributed by atoms with van der Waals surface area (Å²) in [6.07, 6.45) is 0.271. The normalized spacial score (nSPS) is 11.6. The summed E-state index contributed by atoms with van der Waals surface area (Å²) in [5.41, 5.74) is 3.04. The summed E-state index contributed by atoms with van der Waals surface area (Å²) in [6, 6.07) is 13.8. The lowest BCUT2D eigenvalue weighted by Gasteiger charge is -2.17. The summed E-state index contributed by atoms with van der Waals surface area (Å²) in [5, 5.41) is 11.4. The Kier molecular flexibility index (Phi) is 5.82. The quantitative estimate of drug-likeness (QED) is 0.559. The van der Waals surface area contributed by atoms with Gasteiger partial charge in [0.2, 0.25) is 5.91 Å². The third-order valence-electron chi connectivity index (χ3n) is 3.32. The van der Waals surface area contributed by atoms with Crippen LogP contribution in [0.1, 0.15) is 11.1 Å². The SMILES string of the molecule is O=C(Cc1ccc(F)cc1)NC(Cc1ccccc1)C(=O)NO. The molecule has 6 heteroatoms. The second-order valence-electron chi connectivity index (χ2n) is 5.09. The molecule has 0 saturated carbocycles. The van der Waals surface area contributed by atoms with Gasteiger partial charge in [-0.1, -0.05) is 42.5 Å². The number of hydroxylamine groups is 1.